The Morgan fingerprint density at radius 3 is 2.44 bits per heavy atom. The molecule has 0 aliphatic carbocycles. The maximum Gasteiger partial charge on any atom is 0.0661 e. The van der Waals surface area contributed by atoms with E-state index < -0.39 is 0 Å². The summed E-state index contributed by atoms with van der Waals surface area (Å²) in [5.74, 6) is 0. The van der Waals surface area contributed by atoms with Crippen molar-refractivity contribution >= 4 is 11.9 Å². The fourth-order valence-corrected chi connectivity index (χ4v) is 1.39. The molecule has 16 heavy (non-hydrogen) atoms. The van der Waals surface area contributed by atoms with Crippen molar-refractivity contribution in [2.45, 2.75) is 40.0 Å². The number of rotatable bonds is 2. The molecule has 0 fully saturated rings. The summed E-state index contributed by atoms with van der Waals surface area (Å²) >= 11 is 0. The van der Waals surface area contributed by atoms with Gasteiger partial charge in [0.05, 0.1) is 5.69 Å². The van der Waals surface area contributed by atoms with Crippen molar-refractivity contribution in [2.75, 3.05) is 0 Å². The van der Waals surface area contributed by atoms with Crippen LogP contribution in [-0.4, -0.2) is 6.21 Å². The normalized spacial score (nSPS) is 12.1. The van der Waals surface area contributed by atoms with Gasteiger partial charge in [-0.05, 0) is 42.0 Å². The third-order valence-electron chi connectivity index (χ3n) is 2.50. The molecule has 0 spiro atoms. The highest BCUT2D eigenvalue weighted by Crippen LogP contribution is 2.28. The van der Waals surface area contributed by atoms with Crippen molar-refractivity contribution in [2.24, 2.45) is 4.99 Å². The lowest BCUT2D eigenvalue weighted by Gasteiger charge is -2.19. The largest absolute Gasteiger partial charge is 0.256 e. The van der Waals surface area contributed by atoms with E-state index in [1.54, 1.807) is 0 Å². The first-order chi connectivity index (χ1) is 7.30. The van der Waals surface area contributed by atoms with E-state index in [4.69, 9.17) is 0 Å². The maximum absolute atomic E-state index is 4.45. The van der Waals surface area contributed by atoms with Crippen LogP contribution < -0.4 is 0 Å². The van der Waals surface area contributed by atoms with Crippen LogP contribution in [0.2, 0.25) is 0 Å². The fraction of sp³-hybridized carbons (Fsp3) is 0.400. The quantitative estimate of drug-likeness (QED) is 0.641. The average Bonchev–Trinajstić information content (AvgIpc) is 2.14. The molecule has 0 aliphatic heterocycles. The molecule has 1 nitrogen and oxygen atoms in total. The van der Waals surface area contributed by atoms with Gasteiger partial charge in [0.25, 0.3) is 0 Å². The summed E-state index contributed by atoms with van der Waals surface area (Å²) in [5, 5.41) is 0. The van der Waals surface area contributed by atoms with Crippen molar-refractivity contribution in [1.29, 1.82) is 0 Å². The number of benzene rings is 1. The Labute approximate surface area is 98.9 Å². The van der Waals surface area contributed by atoms with Gasteiger partial charge in [-0.25, -0.2) is 0 Å². The van der Waals surface area contributed by atoms with E-state index in [1.807, 2.05) is 13.1 Å². The molecule has 0 unspecified atom stereocenters. The number of aryl methyl sites for hydroxylation is 1. The predicted molar refractivity (Wildman–Crippen MR) is 72.8 cm³/mol. The van der Waals surface area contributed by atoms with E-state index >= 15 is 0 Å². The Hall–Kier alpha value is -1.37. The zero-order chi connectivity index (χ0) is 12.3. The second-order valence-corrected chi connectivity index (χ2v) is 5.36. The molecule has 1 aromatic rings. The molecule has 0 radical (unpaired) electrons. The van der Waals surface area contributed by atoms with Crippen LogP contribution >= 0.6 is 0 Å². The van der Waals surface area contributed by atoms with E-state index in [1.165, 1.54) is 11.1 Å². The Balaban J connectivity index is 3.14. The molecule has 0 saturated carbocycles. The Bertz CT molecular complexity index is 420. The molecule has 0 atom stereocenters. The van der Waals surface area contributed by atoms with Crippen LogP contribution in [-0.2, 0) is 5.41 Å². The van der Waals surface area contributed by atoms with Crippen LogP contribution in [0, 0.1) is 6.92 Å². The number of hydrogen-bond acceptors (Lipinski definition) is 1. The van der Waals surface area contributed by atoms with Gasteiger partial charge in [-0.1, -0.05) is 39.5 Å². The van der Waals surface area contributed by atoms with Gasteiger partial charge in [-0.15, -0.1) is 0 Å². The van der Waals surface area contributed by atoms with Crippen molar-refractivity contribution in [3.8, 4) is 0 Å². The van der Waals surface area contributed by atoms with E-state index in [0.717, 1.165) is 11.3 Å². The second kappa shape index (κ2) is 4.65. The molecule has 0 aliphatic rings. The van der Waals surface area contributed by atoms with Crippen molar-refractivity contribution < 1.29 is 0 Å². The minimum atomic E-state index is 0.168. The highest BCUT2D eigenvalue weighted by atomic mass is 14.7. The van der Waals surface area contributed by atoms with Crippen molar-refractivity contribution in [1.82, 2.24) is 0 Å². The Morgan fingerprint density at radius 1 is 1.31 bits per heavy atom. The lowest BCUT2D eigenvalue weighted by Crippen LogP contribution is -2.10. The molecule has 0 heterocycles. The minimum absolute atomic E-state index is 0.168. The summed E-state index contributed by atoms with van der Waals surface area (Å²) in [7, 11) is 0. The molecule has 86 valence electrons. The molecule has 0 bridgehead atoms. The first-order valence-electron chi connectivity index (χ1n) is 5.61. The van der Waals surface area contributed by atoms with Crippen LogP contribution in [0.15, 0.2) is 35.3 Å². The van der Waals surface area contributed by atoms with E-state index in [-0.39, 0.29) is 5.41 Å². The van der Waals surface area contributed by atoms with Crippen molar-refractivity contribution in [3.05, 3.63) is 41.5 Å². The van der Waals surface area contributed by atoms with Gasteiger partial charge in [0.1, 0.15) is 0 Å². The molecular formula is C15H21N. The molecule has 1 aromatic carbocycles. The third kappa shape index (κ3) is 3.34. The summed E-state index contributed by atoms with van der Waals surface area (Å²) in [6, 6.07) is 6.47. The van der Waals surface area contributed by atoms with Gasteiger partial charge in [0.15, 0.2) is 0 Å². The monoisotopic (exact) mass is 215 g/mol. The van der Waals surface area contributed by atoms with E-state index in [2.05, 4.69) is 57.5 Å². The highest BCUT2D eigenvalue weighted by Gasteiger charge is 2.14. The number of aliphatic imine (C=N–C) groups is 1. The van der Waals surface area contributed by atoms with Gasteiger partial charge >= 0.3 is 0 Å². The van der Waals surface area contributed by atoms with Crippen molar-refractivity contribution in [3.63, 3.8) is 0 Å². The summed E-state index contributed by atoms with van der Waals surface area (Å²) in [4.78, 5) is 4.45. The number of nitrogens with zero attached hydrogens (tertiary/aromatic N) is 1. The minimum Gasteiger partial charge on any atom is -0.256 e. The first-order valence-corrected chi connectivity index (χ1v) is 5.61. The zero-order valence-corrected chi connectivity index (χ0v) is 11.0. The first kappa shape index (κ1) is 12.7. The lowest BCUT2D eigenvalue weighted by molar-refractivity contribution is 0.590. The SMILES string of the molecule is C=C(C)/C=N\c1cc(C(C)(C)C)ccc1C. The van der Waals surface area contributed by atoms with Gasteiger partial charge < -0.3 is 0 Å². The Morgan fingerprint density at radius 2 is 1.94 bits per heavy atom. The highest BCUT2D eigenvalue weighted by molar-refractivity contribution is 5.79. The molecule has 0 saturated heterocycles. The summed E-state index contributed by atoms with van der Waals surface area (Å²) in [6.07, 6.45) is 1.81. The zero-order valence-electron chi connectivity index (χ0n) is 11.0. The number of hydrogen-bond donors (Lipinski definition) is 0. The Kier molecular flexibility index (Phi) is 3.69. The molecule has 0 N–H and O–H groups in total. The van der Waals surface area contributed by atoms with Gasteiger partial charge in [-0.2, -0.15) is 0 Å². The average molecular weight is 215 g/mol. The van der Waals surface area contributed by atoms with Crippen LogP contribution in [0.25, 0.3) is 0 Å². The molecule has 1 heteroatoms. The lowest BCUT2D eigenvalue weighted by atomic mass is 9.86. The molecule has 0 amide bonds. The van der Waals surface area contributed by atoms with Crippen LogP contribution in [0.5, 0.6) is 0 Å². The summed E-state index contributed by atoms with van der Waals surface area (Å²) in [5.41, 5.74) is 4.69. The van der Waals surface area contributed by atoms with E-state index in [0.29, 0.717) is 0 Å². The standard InChI is InChI=1S/C15H21N/c1-11(2)10-16-14-9-13(15(4,5)6)8-7-12(14)3/h7-10H,1H2,2-6H3/b16-10-. The predicted octanol–water partition coefficient (Wildman–Crippen LogP) is 4.57. The molecule has 1 rings (SSSR count). The molecule has 0 aromatic heterocycles. The maximum atomic E-state index is 4.45. The molecular weight excluding hydrogens is 194 g/mol. The van der Waals surface area contributed by atoms with Crippen LogP contribution in [0.4, 0.5) is 5.69 Å². The fourth-order valence-electron chi connectivity index (χ4n) is 1.39. The second-order valence-electron chi connectivity index (χ2n) is 5.36. The summed E-state index contributed by atoms with van der Waals surface area (Å²) in [6.45, 7) is 14.5. The smallest absolute Gasteiger partial charge is 0.0661 e. The van der Waals surface area contributed by atoms with Gasteiger partial charge in [0.2, 0.25) is 0 Å². The van der Waals surface area contributed by atoms with Crippen LogP contribution in [0.1, 0.15) is 38.8 Å². The topological polar surface area (TPSA) is 12.4 Å². The summed E-state index contributed by atoms with van der Waals surface area (Å²) < 4.78 is 0. The van der Waals surface area contributed by atoms with E-state index in [9.17, 15) is 0 Å². The number of allylic oxidation sites excluding steroid dienone is 1. The third-order valence-corrected chi connectivity index (χ3v) is 2.50. The van der Waals surface area contributed by atoms with Gasteiger partial charge in [0, 0.05) is 6.21 Å². The van der Waals surface area contributed by atoms with Crippen LogP contribution in [0.3, 0.4) is 0 Å². The van der Waals surface area contributed by atoms with Gasteiger partial charge in [-0.3, -0.25) is 4.99 Å².